The van der Waals surface area contributed by atoms with E-state index in [1.807, 2.05) is 28.5 Å². The second kappa shape index (κ2) is 14.3. The lowest BCUT2D eigenvalue weighted by Gasteiger charge is -2.41. The average molecular weight is 709 g/mol. The summed E-state index contributed by atoms with van der Waals surface area (Å²) in [6.07, 6.45) is 2.55. The minimum absolute atomic E-state index is 0.00507. The molecule has 10 heteroatoms. The molecule has 2 aliphatic rings. The van der Waals surface area contributed by atoms with Crippen molar-refractivity contribution in [1.29, 1.82) is 0 Å². The monoisotopic (exact) mass is 707 g/mol. The first-order chi connectivity index (χ1) is 24.1. The number of aryl methyl sites for hydroxylation is 1. The fraction of sp³-hybridized carbons (Fsp3) is 0.250. The van der Waals surface area contributed by atoms with Crippen LogP contribution in [0.25, 0.3) is 5.69 Å². The van der Waals surface area contributed by atoms with Gasteiger partial charge in [0, 0.05) is 78.6 Å². The Labute approximate surface area is 302 Å². The minimum atomic E-state index is -0.283. The Morgan fingerprint density at radius 3 is 2.16 bits per heavy atom. The standard InChI is InChI=1S/C40H39Cl2N5O3/c1-27-21-30(39(49)47(33-10-7-31(41)8-11-33)34-12-14-36(48)15-13-34)25-45(27)38-23-32(42)9-16-37(38)40(50)46-24-29-6-4-3-5-28(29)22-35(46)26-44-19-17-43(2)18-20-44/h3-16,21,23,25,35,48H,17-20,22,24,26H2,1-2H3/t35-/m0/s1. The number of piperazine rings is 1. The molecule has 1 N–H and O–H groups in total. The Morgan fingerprint density at radius 2 is 1.46 bits per heavy atom. The molecule has 0 saturated carbocycles. The van der Waals surface area contributed by atoms with Gasteiger partial charge in [0.05, 0.1) is 16.8 Å². The van der Waals surface area contributed by atoms with Gasteiger partial charge in [-0.1, -0.05) is 47.5 Å². The van der Waals surface area contributed by atoms with Crippen molar-refractivity contribution in [3.8, 4) is 11.4 Å². The highest BCUT2D eigenvalue weighted by molar-refractivity contribution is 6.31. The molecule has 256 valence electrons. The van der Waals surface area contributed by atoms with E-state index >= 15 is 0 Å². The predicted octanol–water partition coefficient (Wildman–Crippen LogP) is 7.59. The third-order valence-electron chi connectivity index (χ3n) is 9.79. The fourth-order valence-electron chi connectivity index (χ4n) is 7.01. The van der Waals surface area contributed by atoms with Crippen LogP contribution < -0.4 is 4.90 Å². The van der Waals surface area contributed by atoms with Crippen LogP contribution in [-0.4, -0.2) is 82.0 Å². The molecule has 2 aliphatic heterocycles. The van der Waals surface area contributed by atoms with Crippen molar-refractivity contribution in [2.75, 3.05) is 44.7 Å². The number of aromatic hydroxyl groups is 1. The highest BCUT2D eigenvalue weighted by atomic mass is 35.5. The number of nitrogens with zero attached hydrogens (tertiary/aromatic N) is 5. The molecular weight excluding hydrogens is 669 g/mol. The zero-order valence-electron chi connectivity index (χ0n) is 28.1. The van der Waals surface area contributed by atoms with Crippen molar-refractivity contribution >= 4 is 46.4 Å². The number of rotatable bonds is 7. The summed E-state index contributed by atoms with van der Waals surface area (Å²) in [6.45, 7) is 7.19. The van der Waals surface area contributed by atoms with Crippen molar-refractivity contribution in [2.24, 2.45) is 0 Å². The summed E-state index contributed by atoms with van der Waals surface area (Å²) in [7, 11) is 2.15. The average Bonchev–Trinajstić information content (AvgIpc) is 3.51. The predicted molar refractivity (Wildman–Crippen MR) is 199 cm³/mol. The maximum atomic E-state index is 14.7. The molecule has 1 saturated heterocycles. The molecule has 1 aromatic heterocycles. The minimum Gasteiger partial charge on any atom is -0.508 e. The lowest BCUT2D eigenvalue weighted by Crippen LogP contribution is -2.53. The number of benzene rings is 4. The highest BCUT2D eigenvalue weighted by Crippen LogP contribution is 2.33. The molecule has 0 aliphatic carbocycles. The fourth-order valence-corrected chi connectivity index (χ4v) is 7.30. The molecule has 1 fully saturated rings. The summed E-state index contributed by atoms with van der Waals surface area (Å²) >= 11 is 12.8. The molecule has 8 nitrogen and oxygen atoms in total. The van der Waals surface area contributed by atoms with Crippen molar-refractivity contribution in [3.63, 3.8) is 0 Å². The van der Waals surface area contributed by atoms with E-state index in [1.165, 1.54) is 5.56 Å². The van der Waals surface area contributed by atoms with Crippen LogP contribution in [0.5, 0.6) is 5.75 Å². The number of likely N-dealkylation sites (N-methyl/N-ethyl adjacent to an activating group) is 1. The van der Waals surface area contributed by atoms with Crippen LogP contribution in [-0.2, 0) is 13.0 Å². The first kappa shape index (κ1) is 33.9. The number of hydrogen-bond donors (Lipinski definition) is 1. The van der Waals surface area contributed by atoms with Gasteiger partial charge in [-0.2, -0.15) is 0 Å². The van der Waals surface area contributed by atoms with Gasteiger partial charge in [-0.3, -0.25) is 19.4 Å². The summed E-state index contributed by atoms with van der Waals surface area (Å²) in [6, 6.07) is 29.0. The largest absolute Gasteiger partial charge is 0.508 e. The number of carbonyl (C=O) groups excluding carboxylic acids is 2. The van der Waals surface area contributed by atoms with Crippen LogP contribution in [0.1, 0.15) is 37.5 Å². The smallest absolute Gasteiger partial charge is 0.264 e. The van der Waals surface area contributed by atoms with Gasteiger partial charge in [0.15, 0.2) is 0 Å². The van der Waals surface area contributed by atoms with E-state index in [1.54, 1.807) is 77.8 Å². The van der Waals surface area contributed by atoms with Crippen LogP contribution in [0.4, 0.5) is 11.4 Å². The van der Waals surface area contributed by atoms with E-state index in [9.17, 15) is 14.7 Å². The Hall–Kier alpha value is -4.60. The van der Waals surface area contributed by atoms with Gasteiger partial charge in [0.25, 0.3) is 11.8 Å². The molecule has 2 amide bonds. The van der Waals surface area contributed by atoms with Crippen LogP contribution >= 0.6 is 23.2 Å². The second-order valence-electron chi connectivity index (χ2n) is 13.2. The molecule has 0 bridgehead atoms. The van der Waals surface area contributed by atoms with Crippen molar-refractivity contribution in [2.45, 2.75) is 25.9 Å². The molecule has 5 aromatic rings. The molecule has 0 spiro atoms. The van der Waals surface area contributed by atoms with Crippen LogP contribution in [0.3, 0.4) is 0 Å². The van der Waals surface area contributed by atoms with E-state index in [-0.39, 0.29) is 23.6 Å². The molecule has 4 aromatic carbocycles. The Bertz CT molecular complexity index is 1970. The number of anilines is 2. The molecule has 0 unspecified atom stereocenters. The maximum Gasteiger partial charge on any atom is 0.264 e. The van der Waals surface area contributed by atoms with Gasteiger partial charge in [-0.15, -0.1) is 0 Å². The van der Waals surface area contributed by atoms with Crippen LogP contribution in [0.2, 0.25) is 10.0 Å². The number of hydrogen-bond acceptors (Lipinski definition) is 5. The third kappa shape index (κ3) is 7.02. The van der Waals surface area contributed by atoms with E-state index in [4.69, 9.17) is 23.2 Å². The molecular formula is C40H39Cl2N5O3. The van der Waals surface area contributed by atoms with Crippen molar-refractivity contribution < 1.29 is 14.7 Å². The molecule has 7 rings (SSSR count). The van der Waals surface area contributed by atoms with Crippen molar-refractivity contribution in [1.82, 2.24) is 19.3 Å². The zero-order valence-corrected chi connectivity index (χ0v) is 29.6. The Balaban J connectivity index is 1.24. The van der Waals surface area contributed by atoms with Gasteiger partial charge in [0.1, 0.15) is 5.75 Å². The first-order valence-corrected chi connectivity index (χ1v) is 17.6. The van der Waals surface area contributed by atoms with Gasteiger partial charge in [-0.05, 0) is 104 Å². The summed E-state index contributed by atoms with van der Waals surface area (Å²) < 4.78 is 1.87. The number of aromatic nitrogens is 1. The summed E-state index contributed by atoms with van der Waals surface area (Å²) in [5, 5.41) is 11.0. The lowest BCUT2D eigenvalue weighted by atomic mass is 9.92. The molecule has 1 atom stereocenters. The highest BCUT2D eigenvalue weighted by Gasteiger charge is 2.34. The maximum absolute atomic E-state index is 14.7. The van der Waals surface area contributed by atoms with Crippen LogP contribution in [0, 0.1) is 6.92 Å². The van der Waals surface area contributed by atoms with E-state index in [0.717, 1.165) is 50.4 Å². The Kier molecular flexibility index (Phi) is 9.71. The number of halogens is 2. The number of fused-ring (bicyclic) bond motifs is 1. The molecule has 50 heavy (non-hydrogen) atoms. The summed E-state index contributed by atoms with van der Waals surface area (Å²) in [5.41, 5.74) is 5.96. The summed E-state index contributed by atoms with van der Waals surface area (Å²) in [4.78, 5) is 37.5. The number of phenols is 1. The topological polar surface area (TPSA) is 72.3 Å². The normalized spacial score (nSPS) is 16.6. The SMILES string of the molecule is Cc1cc(C(=O)N(c2ccc(O)cc2)c2ccc(Cl)cc2)cn1-c1cc(Cl)ccc1C(=O)N1Cc2ccccc2C[C@H]1CN1CCN(C)CC1. The quantitative estimate of drug-likeness (QED) is 0.189. The van der Waals surface area contributed by atoms with E-state index in [0.29, 0.717) is 44.8 Å². The zero-order chi connectivity index (χ0) is 34.9. The first-order valence-electron chi connectivity index (χ1n) is 16.8. The van der Waals surface area contributed by atoms with Gasteiger partial charge in [-0.25, -0.2) is 0 Å². The van der Waals surface area contributed by atoms with Gasteiger partial charge >= 0.3 is 0 Å². The van der Waals surface area contributed by atoms with E-state index in [2.05, 4.69) is 35.0 Å². The Morgan fingerprint density at radius 1 is 0.820 bits per heavy atom. The second-order valence-corrected chi connectivity index (χ2v) is 14.1. The number of amides is 2. The van der Waals surface area contributed by atoms with Gasteiger partial charge in [0.2, 0.25) is 0 Å². The van der Waals surface area contributed by atoms with Crippen LogP contribution in [0.15, 0.2) is 103 Å². The molecule has 3 heterocycles. The number of carbonyl (C=O) groups is 2. The third-order valence-corrected chi connectivity index (χ3v) is 10.3. The summed E-state index contributed by atoms with van der Waals surface area (Å²) in [5.74, 6) is -0.256. The number of phenolic OH excluding ortho intramolecular Hbond substituents is 1. The van der Waals surface area contributed by atoms with Gasteiger partial charge < -0.3 is 19.5 Å². The van der Waals surface area contributed by atoms with Crippen molar-refractivity contribution in [3.05, 3.63) is 141 Å². The van der Waals surface area contributed by atoms with E-state index < -0.39 is 0 Å². The molecule has 0 radical (unpaired) electrons. The lowest BCUT2D eigenvalue weighted by molar-refractivity contribution is 0.0535.